The van der Waals surface area contributed by atoms with E-state index in [0.29, 0.717) is 6.04 Å². The van der Waals surface area contributed by atoms with E-state index in [1.807, 2.05) is 0 Å². The molecule has 1 aromatic carbocycles. The van der Waals surface area contributed by atoms with Gasteiger partial charge >= 0.3 is 0 Å². The maximum Gasteiger partial charge on any atom is 0.0328 e. The van der Waals surface area contributed by atoms with Gasteiger partial charge in [-0.05, 0) is 36.4 Å². The summed E-state index contributed by atoms with van der Waals surface area (Å²) < 4.78 is 0. The molecule has 0 fully saturated rings. The minimum Gasteiger partial charge on any atom is -0.310 e. The molecular weight excluding hydrogens is 170 g/mol. The van der Waals surface area contributed by atoms with Gasteiger partial charge in [0.05, 0.1) is 0 Å². The van der Waals surface area contributed by atoms with Crippen molar-refractivity contribution in [2.24, 2.45) is 0 Å². The molecular formula is C13H19N. The summed E-state index contributed by atoms with van der Waals surface area (Å²) in [4.78, 5) is 0. The van der Waals surface area contributed by atoms with Gasteiger partial charge in [0.1, 0.15) is 0 Å². The van der Waals surface area contributed by atoms with Crippen molar-refractivity contribution in [2.45, 2.75) is 38.6 Å². The lowest BCUT2D eigenvalue weighted by atomic mass is 10.0. The molecule has 0 bridgehead atoms. The van der Waals surface area contributed by atoms with Gasteiger partial charge in [-0.25, -0.2) is 0 Å². The van der Waals surface area contributed by atoms with Crippen molar-refractivity contribution in [1.82, 2.24) is 5.32 Å². The van der Waals surface area contributed by atoms with Gasteiger partial charge < -0.3 is 5.32 Å². The largest absolute Gasteiger partial charge is 0.310 e. The van der Waals surface area contributed by atoms with Gasteiger partial charge in [-0.1, -0.05) is 38.1 Å². The molecule has 76 valence electrons. The van der Waals surface area contributed by atoms with E-state index in [-0.39, 0.29) is 0 Å². The third kappa shape index (κ3) is 1.69. The van der Waals surface area contributed by atoms with Crippen molar-refractivity contribution < 1.29 is 0 Å². The minimum absolute atomic E-state index is 0.598. The van der Waals surface area contributed by atoms with E-state index in [1.165, 1.54) is 18.4 Å². The summed E-state index contributed by atoms with van der Waals surface area (Å²) in [5.74, 6) is 0.723. The van der Waals surface area contributed by atoms with Crippen molar-refractivity contribution in [3.05, 3.63) is 35.4 Å². The molecule has 0 saturated heterocycles. The van der Waals surface area contributed by atoms with Crippen molar-refractivity contribution in [1.29, 1.82) is 0 Å². The molecule has 0 aromatic heterocycles. The average molecular weight is 189 g/mol. The van der Waals surface area contributed by atoms with Crippen LogP contribution in [0, 0.1) is 0 Å². The van der Waals surface area contributed by atoms with Crippen LogP contribution in [0.4, 0.5) is 0 Å². The molecule has 14 heavy (non-hydrogen) atoms. The third-order valence-electron chi connectivity index (χ3n) is 3.13. The zero-order valence-electron chi connectivity index (χ0n) is 9.09. The molecule has 1 nitrogen and oxygen atoms in total. The Morgan fingerprint density at radius 1 is 1.29 bits per heavy atom. The molecule has 1 heteroatoms. The van der Waals surface area contributed by atoms with E-state index in [1.54, 1.807) is 5.56 Å². The van der Waals surface area contributed by atoms with Crippen LogP contribution in [0.2, 0.25) is 0 Å². The van der Waals surface area contributed by atoms with Crippen LogP contribution in [0.5, 0.6) is 0 Å². The topological polar surface area (TPSA) is 12.0 Å². The lowest BCUT2D eigenvalue weighted by molar-refractivity contribution is 0.505. The zero-order chi connectivity index (χ0) is 9.97. The zero-order valence-corrected chi connectivity index (χ0v) is 9.09. The van der Waals surface area contributed by atoms with E-state index in [9.17, 15) is 0 Å². The van der Waals surface area contributed by atoms with Crippen LogP contribution in [0.3, 0.4) is 0 Å². The second-order valence-corrected chi connectivity index (χ2v) is 4.27. The molecule has 2 rings (SSSR count). The van der Waals surface area contributed by atoms with E-state index < -0.39 is 0 Å². The third-order valence-corrected chi connectivity index (χ3v) is 3.13. The van der Waals surface area contributed by atoms with Crippen molar-refractivity contribution in [3.8, 4) is 0 Å². The molecule has 0 aliphatic heterocycles. The van der Waals surface area contributed by atoms with Crippen LogP contribution in [0.1, 0.15) is 49.8 Å². The summed E-state index contributed by atoms with van der Waals surface area (Å²) in [6.45, 7) is 5.68. The summed E-state index contributed by atoms with van der Waals surface area (Å²) in [5.41, 5.74) is 3.06. The second kappa shape index (κ2) is 4.14. The standard InChI is InChI=1S/C13H19N/c1-3-8-14-13-9-10(2)11-6-4-5-7-12(11)13/h4-7,10,13-14H,3,8-9H2,1-2H3/t10-,13-/m0/s1. The fourth-order valence-electron chi connectivity index (χ4n) is 2.40. The predicted molar refractivity (Wildman–Crippen MR) is 60.5 cm³/mol. The van der Waals surface area contributed by atoms with Crippen LogP contribution in [0.15, 0.2) is 24.3 Å². The van der Waals surface area contributed by atoms with Crippen LogP contribution >= 0.6 is 0 Å². The average Bonchev–Trinajstić information content (AvgIpc) is 2.54. The number of benzene rings is 1. The van der Waals surface area contributed by atoms with Crippen molar-refractivity contribution >= 4 is 0 Å². The molecule has 0 spiro atoms. The van der Waals surface area contributed by atoms with Crippen LogP contribution in [-0.4, -0.2) is 6.54 Å². The highest BCUT2D eigenvalue weighted by atomic mass is 14.9. The minimum atomic E-state index is 0.598. The van der Waals surface area contributed by atoms with Gasteiger partial charge in [0.15, 0.2) is 0 Å². The maximum absolute atomic E-state index is 3.62. The Morgan fingerprint density at radius 2 is 2.00 bits per heavy atom. The summed E-state index contributed by atoms with van der Waals surface area (Å²) in [7, 11) is 0. The van der Waals surface area contributed by atoms with E-state index in [2.05, 4.69) is 43.4 Å². The maximum atomic E-state index is 3.62. The summed E-state index contributed by atoms with van der Waals surface area (Å²) in [6, 6.07) is 9.44. The number of rotatable bonds is 3. The van der Waals surface area contributed by atoms with Gasteiger partial charge in [0, 0.05) is 6.04 Å². The summed E-state index contributed by atoms with van der Waals surface area (Å²) >= 11 is 0. The number of hydrogen-bond donors (Lipinski definition) is 1. The summed E-state index contributed by atoms with van der Waals surface area (Å²) in [5, 5.41) is 3.62. The lowest BCUT2D eigenvalue weighted by Crippen LogP contribution is -2.19. The van der Waals surface area contributed by atoms with Gasteiger partial charge in [-0.2, -0.15) is 0 Å². The normalized spacial score (nSPS) is 25.0. The molecule has 2 atom stereocenters. The second-order valence-electron chi connectivity index (χ2n) is 4.27. The van der Waals surface area contributed by atoms with Crippen LogP contribution < -0.4 is 5.32 Å². The smallest absolute Gasteiger partial charge is 0.0328 e. The molecule has 1 aliphatic carbocycles. The van der Waals surface area contributed by atoms with E-state index in [4.69, 9.17) is 0 Å². The Kier molecular flexibility index (Phi) is 2.87. The Balaban J connectivity index is 2.17. The van der Waals surface area contributed by atoms with Crippen molar-refractivity contribution in [2.75, 3.05) is 6.54 Å². The Bertz CT molecular complexity index is 306. The van der Waals surface area contributed by atoms with Crippen LogP contribution in [0.25, 0.3) is 0 Å². The molecule has 0 saturated carbocycles. The molecule has 1 aliphatic rings. The monoisotopic (exact) mass is 189 g/mol. The Hall–Kier alpha value is -0.820. The molecule has 0 unspecified atom stereocenters. The number of hydrogen-bond acceptors (Lipinski definition) is 1. The molecule has 0 amide bonds. The van der Waals surface area contributed by atoms with E-state index >= 15 is 0 Å². The number of fused-ring (bicyclic) bond motifs is 1. The first kappa shape index (κ1) is 9.72. The molecule has 0 radical (unpaired) electrons. The lowest BCUT2D eigenvalue weighted by Gasteiger charge is -2.12. The van der Waals surface area contributed by atoms with Gasteiger partial charge in [-0.3, -0.25) is 0 Å². The SMILES string of the molecule is CCCN[C@H]1C[C@H](C)c2ccccc21. The highest BCUT2D eigenvalue weighted by Crippen LogP contribution is 2.39. The molecule has 0 heterocycles. The van der Waals surface area contributed by atoms with E-state index in [0.717, 1.165) is 12.5 Å². The summed E-state index contributed by atoms with van der Waals surface area (Å²) in [6.07, 6.45) is 2.48. The van der Waals surface area contributed by atoms with Gasteiger partial charge in [0.2, 0.25) is 0 Å². The van der Waals surface area contributed by atoms with Gasteiger partial charge in [0.25, 0.3) is 0 Å². The fourth-order valence-corrected chi connectivity index (χ4v) is 2.40. The van der Waals surface area contributed by atoms with Crippen molar-refractivity contribution in [3.63, 3.8) is 0 Å². The first-order valence-electron chi connectivity index (χ1n) is 5.65. The highest BCUT2D eigenvalue weighted by molar-refractivity contribution is 5.37. The molecule has 1 aromatic rings. The first-order valence-corrected chi connectivity index (χ1v) is 5.65. The quantitative estimate of drug-likeness (QED) is 0.769. The van der Waals surface area contributed by atoms with Crippen LogP contribution in [-0.2, 0) is 0 Å². The number of nitrogens with one attached hydrogen (secondary N) is 1. The highest BCUT2D eigenvalue weighted by Gasteiger charge is 2.26. The molecule has 1 N–H and O–H groups in total. The first-order chi connectivity index (χ1) is 6.83. The van der Waals surface area contributed by atoms with Gasteiger partial charge in [-0.15, -0.1) is 0 Å². The predicted octanol–water partition coefficient (Wildman–Crippen LogP) is 3.23. The Labute approximate surface area is 86.5 Å². The Morgan fingerprint density at radius 3 is 2.71 bits per heavy atom. The fraction of sp³-hybridized carbons (Fsp3) is 0.538.